The van der Waals surface area contributed by atoms with Crippen molar-refractivity contribution in [2.24, 2.45) is 5.16 Å². The van der Waals surface area contributed by atoms with Gasteiger partial charge in [0.2, 0.25) is 0 Å². The van der Waals surface area contributed by atoms with Gasteiger partial charge in [0.15, 0.2) is 0 Å². The Balaban J connectivity index is 1.79. The molecular weight excluding hydrogens is 186 g/mol. The minimum absolute atomic E-state index is 0.346. The largest absolute Gasteiger partial charge is 0.393 e. The van der Waals surface area contributed by atoms with E-state index in [1.54, 1.807) is 6.21 Å². The molecule has 15 heavy (non-hydrogen) atoms. The van der Waals surface area contributed by atoms with Crippen LogP contribution in [0.4, 0.5) is 0 Å². The highest BCUT2D eigenvalue weighted by Crippen LogP contribution is 2.20. The topological polar surface area (TPSA) is 21.6 Å². The molecule has 1 fully saturated rings. The molecule has 1 aromatic carbocycles. The Morgan fingerprint density at radius 3 is 2.53 bits per heavy atom. The van der Waals surface area contributed by atoms with E-state index in [0.29, 0.717) is 6.10 Å². The summed E-state index contributed by atoms with van der Waals surface area (Å²) in [4.78, 5) is 5.46. The summed E-state index contributed by atoms with van der Waals surface area (Å²) in [6.07, 6.45) is 8.37. The van der Waals surface area contributed by atoms with Gasteiger partial charge in [-0.3, -0.25) is 0 Å². The van der Waals surface area contributed by atoms with Crippen molar-refractivity contribution in [1.29, 1.82) is 0 Å². The Bertz CT molecular complexity index is 302. The van der Waals surface area contributed by atoms with Crippen LogP contribution in [0.1, 0.15) is 37.7 Å². The molecule has 1 saturated carbocycles. The monoisotopic (exact) mass is 203 g/mol. The molecule has 0 atom stereocenters. The van der Waals surface area contributed by atoms with Crippen molar-refractivity contribution >= 4 is 6.21 Å². The summed E-state index contributed by atoms with van der Waals surface area (Å²) in [5.41, 5.74) is 1.09. The van der Waals surface area contributed by atoms with Gasteiger partial charge in [0.1, 0.15) is 6.10 Å². The second-order valence-electron chi connectivity index (χ2n) is 4.01. The van der Waals surface area contributed by atoms with Crippen LogP contribution < -0.4 is 0 Å². The number of hydrogen-bond donors (Lipinski definition) is 0. The second-order valence-corrected chi connectivity index (χ2v) is 4.01. The molecule has 0 radical (unpaired) electrons. The van der Waals surface area contributed by atoms with Crippen LogP contribution in [0.15, 0.2) is 35.5 Å². The smallest absolute Gasteiger partial charge is 0.127 e. The van der Waals surface area contributed by atoms with Crippen molar-refractivity contribution in [3.8, 4) is 0 Å². The molecule has 0 aromatic heterocycles. The molecule has 0 amide bonds. The Hall–Kier alpha value is -1.31. The first kappa shape index (κ1) is 10.2. The van der Waals surface area contributed by atoms with E-state index in [1.165, 1.54) is 19.3 Å². The van der Waals surface area contributed by atoms with Crippen LogP contribution in [0.25, 0.3) is 0 Å². The molecule has 2 nitrogen and oxygen atoms in total. The first-order chi connectivity index (χ1) is 7.45. The highest BCUT2D eigenvalue weighted by Gasteiger charge is 2.13. The zero-order chi connectivity index (χ0) is 10.3. The third-order valence-electron chi connectivity index (χ3n) is 2.76. The molecule has 1 aromatic rings. The maximum Gasteiger partial charge on any atom is 0.127 e. The minimum atomic E-state index is 0.346. The fourth-order valence-electron chi connectivity index (χ4n) is 1.89. The molecule has 0 unspecified atom stereocenters. The average molecular weight is 203 g/mol. The van der Waals surface area contributed by atoms with Gasteiger partial charge < -0.3 is 4.84 Å². The molecule has 0 N–H and O–H groups in total. The van der Waals surface area contributed by atoms with Gasteiger partial charge in [-0.15, -0.1) is 0 Å². The lowest BCUT2D eigenvalue weighted by atomic mass is 9.98. The number of benzene rings is 1. The molecule has 80 valence electrons. The van der Waals surface area contributed by atoms with Crippen LogP contribution in [0.5, 0.6) is 0 Å². The number of rotatable bonds is 3. The van der Waals surface area contributed by atoms with E-state index >= 15 is 0 Å². The predicted molar refractivity (Wildman–Crippen MR) is 62.0 cm³/mol. The number of hydrogen-bond acceptors (Lipinski definition) is 2. The molecule has 0 aliphatic heterocycles. The first-order valence-corrected chi connectivity index (χ1v) is 5.69. The highest BCUT2D eigenvalue weighted by atomic mass is 16.6. The summed E-state index contributed by atoms with van der Waals surface area (Å²) < 4.78 is 0. The number of nitrogens with zero attached hydrogens (tertiary/aromatic N) is 1. The Morgan fingerprint density at radius 2 is 1.80 bits per heavy atom. The van der Waals surface area contributed by atoms with E-state index in [2.05, 4.69) is 5.16 Å². The van der Waals surface area contributed by atoms with E-state index in [-0.39, 0.29) is 0 Å². The zero-order valence-corrected chi connectivity index (χ0v) is 8.93. The molecule has 0 spiro atoms. The zero-order valence-electron chi connectivity index (χ0n) is 8.93. The lowest BCUT2D eigenvalue weighted by molar-refractivity contribution is 0.0340. The normalized spacial score (nSPS) is 18.1. The Morgan fingerprint density at radius 1 is 1.07 bits per heavy atom. The van der Waals surface area contributed by atoms with Crippen molar-refractivity contribution in [2.45, 2.75) is 38.2 Å². The van der Waals surface area contributed by atoms with Crippen LogP contribution in [0.2, 0.25) is 0 Å². The summed E-state index contributed by atoms with van der Waals surface area (Å²) in [7, 11) is 0. The van der Waals surface area contributed by atoms with E-state index in [0.717, 1.165) is 18.4 Å². The van der Waals surface area contributed by atoms with Crippen molar-refractivity contribution in [3.05, 3.63) is 35.9 Å². The first-order valence-electron chi connectivity index (χ1n) is 5.69. The summed E-state index contributed by atoms with van der Waals surface area (Å²) in [5, 5.41) is 4.04. The van der Waals surface area contributed by atoms with Gasteiger partial charge >= 0.3 is 0 Å². The van der Waals surface area contributed by atoms with Crippen LogP contribution >= 0.6 is 0 Å². The van der Waals surface area contributed by atoms with E-state index in [9.17, 15) is 0 Å². The summed E-state index contributed by atoms with van der Waals surface area (Å²) in [6.45, 7) is 0. The number of oxime groups is 1. The molecule has 2 heteroatoms. The van der Waals surface area contributed by atoms with Crippen molar-refractivity contribution in [2.75, 3.05) is 0 Å². The summed E-state index contributed by atoms with van der Waals surface area (Å²) in [5.74, 6) is 0. The molecule has 0 saturated heterocycles. The van der Waals surface area contributed by atoms with Gasteiger partial charge in [-0.1, -0.05) is 41.9 Å². The van der Waals surface area contributed by atoms with Crippen LogP contribution in [-0.2, 0) is 4.84 Å². The minimum Gasteiger partial charge on any atom is -0.393 e. The SMILES string of the molecule is C(=N\OC1CCCCC1)/c1ccccc1. The molecule has 1 aliphatic rings. The quantitative estimate of drug-likeness (QED) is 0.545. The van der Waals surface area contributed by atoms with Crippen LogP contribution in [-0.4, -0.2) is 12.3 Å². The second kappa shape index (κ2) is 5.54. The van der Waals surface area contributed by atoms with Gasteiger partial charge in [0, 0.05) is 0 Å². The highest BCUT2D eigenvalue weighted by molar-refractivity contribution is 5.78. The average Bonchev–Trinajstić information content (AvgIpc) is 2.32. The van der Waals surface area contributed by atoms with E-state index in [4.69, 9.17) is 4.84 Å². The fourth-order valence-corrected chi connectivity index (χ4v) is 1.89. The molecule has 0 bridgehead atoms. The maximum absolute atomic E-state index is 5.46. The maximum atomic E-state index is 5.46. The van der Waals surface area contributed by atoms with Gasteiger partial charge in [-0.2, -0.15) is 0 Å². The molecule has 1 aliphatic carbocycles. The Labute approximate surface area is 90.9 Å². The lowest BCUT2D eigenvalue weighted by Gasteiger charge is -2.18. The molecule has 2 rings (SSSR count). The lowest BCUT2D eigenvalue weighted by Crippen LogP contribution is -2.13. The van der Waals surface area contributed by atoms with Crippen molar-refractivity contribution in [1.82, 2.24) is 0 Å². The summed E-state index contributed by atoms with van der Waals surface area (Å²) >= 11 is 0. The Kier molecular flexibility index (Phi) is 3.77. The third kappa shape index (κ3) is 3.39. The van der Waals surface area contributed by atoms with Gasteiger partial charge in [0.05, 0.1) is 6.21 Å². The van der Waals surface area contributed by atoms with Gasteiger partial charge in [-0.25, -0.2) is 0 Å². The predicted octanol–water partition coefficient (Wildman–Crippen LogP) is 3.37. The molecular formula is C13H17NO. The third-order valence-corrected chi connectivity index (χ3v) is 2.76. The van der Waals surface area contributed by atoms with Gasteiger partial charge in [0.25, 0.3) is 0 Å². The summed E-state index contributed by atoms with van der Waals surface area (Å²) in [6, 6.07) is 10.0. The fraction of sp³-hybridized carbons (Fsp3) is 0.462. The van der Waals surface area contributed by atoms with Crippen LogP contribution in [0, 0.1) is 0 Å². The standard InChI is InChI=1S/C13H17NO/c1-3-7-12(8-4-1)11-14-15-13-9-5-2-6-10-13/h1,3-4,7-8,11,13H,2,5-6,9-10H2/b14-11+. The van der Waals surface area contributed by atoms with Gasteiger partial charge in [-0.05, 0) is 31.2 Å². The van der Waals surface area contributed by atoms with Crippen LogP contribution in [0.3, 0.4) is 0 Å². The van der Waals surface area contributed by atoms with Crippen molar-refractivity contribution < 1.29 is 4.84 Å². The van der Waals surface area contributed by atoms with E-state index < -0.39 is 0 Å². The van der Waals surface area contributed by atoms with E-state index in [1.807, 2.05) is 30.3 Å². The van der Waals surface area contributed by atoms with Crippen molar-refractivity contribution in [3.63, 3.8) is 0 Å². The molecule has 0 heterocycles.